The smallest absolute Gasteiger partial charge is 0.239 e. The molecule has 2 unspecified atom stereocenters. The average Bonchev–Trinajstić information content (AvgIpc) is 2.24. The first kappa shape index (κ1) is 12.4. The fraction of sp³-hybridized carbons (Fsp3) is 0.900. The maximum atomic E-state index is 11.8. The van der Waals surface area contributed by atoms with Gasteiger partial charge in [0, 0.05) is 13.1 Å². The van der Waals surface area contributed by atoms with Crippen LogP contribution < -0.4 is 5.32 Å². The number of nitrogens with one attached hydrogen (secondary N) is 1. The van der Waals surface area contributed by atoms with Crippen molar-refractivity contribution in [2.45, 2.75) is 31.9 Å². The number of hydrogen-bond acceptors (Lipinski definition) is 4. The second-order valence-corrected chi connectivity index (χ2v) is 3.87. The van der Waals surface area contributed by atoms with Crippen molar-refractivity contribution >= 4 is 5.91 Å². The molecule has 15 heavy (non-hydrogen) atoms. The number of amides is 1. The highest BCUT2D eigenvalue weighted by Gasteiger charge is 2.28. The molecule has 0 aromatic carbocycles. The van der Waals surface area contributed by atoms with E-state index in [1.165, 1.54) is 0 Å². The Labute approximate surface area is 90.1 Å². The molecule has 1 fully saturated rings. The molecular weight excluding hydrogens is 196 g/mol. The Morgan fingerprint density at radius 1 is 1.67 bits per heavy atom. The minimum absolute atomic E-state index is 0.0376. The van der Waals surface area contributed by atoms with E-state index in [0.717, 1.165) is 19.4 Å². The summed E-state index contributed by atoms with van der Waals surface area (Å²) in [6.45, 7) is 3.35. The Balaban J connectivity index is 2.47. The molecule has 1 saturated heterocycles. The van der Waals surface area contributed by atoms with Gasteiger partial charge in [-0.05, 0) is 19.4 Å². The zero-order valence-electron chi connectivity index (χ0n) is 9.15. The standard InChI is InChI=1S/C10H20N2O3/c1-2-11-9-4-3-5-12(10(9)15)6-8(14)7-13/h8-9,11,13-14H,2-7H2,1H3. The Morgan fingerprint density at radius 2 is 2.40 bits per heavy atom. The van der Waals surface area contributed by atoms with E-state index in [2.05, 4.69) is 5.32 Å². The first-order valence-corrected chi connectivity index (χ1v) is 5.50. The zero-order chi connectivity index (χ0) is 11.3. The summed E-state index contributed by atoms with van der Waals surface area (Å²) >= 11 is 0. The van der Waals surface area contributed by atoms with Crippen LogP contribution in [-0.2, 0) is 4.79 Å². The second-order valence-electron chi connectivity index (χ2n) is 3.87. The summed E-state index contributed by atoms with van der Waals surface area (Å²) in [5, 5.41) is 21.1. The maximum absolute atomic E-state index is 11.8. The molecule has 1 aliphatic heterocycles. The van der Waals surface area contributed by atoms with Crippen molar-refractivity contribution in [2.24, 2.45) is 0 Å². The number of aliphatic hydroxyl groups excluding tert-OH is 2. The van der Waals surface area contributed by atoms with Gasteiger partial charge in [-0.2, -0.15) is 0 Å². The van der Waals surface area contributed by atoms with Crippen LogP contribution in [0.3, 0.4) is 0 Å². The Morgan fingerprint density at radius 3 is 3.00 bits per heavy atom. The topological polar surface area (TPSA) is 72.8 Å². The van der Waals surface area contributed by atoms with E-state index in [4.69, 9.17) is 5.11 Å². The molecule has 0 spiro atoms. The predicted octanol–water partition coefficient (Wildman–Crippen LogP) is -1.06. The van der Waals surface area contributed by atoms with Crippen molar-refractivity contribution in [3.8, 4) is 0 Å². The van der Waals surface area contributed by atoms with E-state index in [-0.39, 0.29) is 25.1 Å². The summed E-state index contributed by atoms with van der Waals surface area (Å²) in [5.74, 6) is 0.0376. The summed E-state index contributed by atoms with van der Waals surface area (Å²) in [4.78, 5) is 13.5. The highest BCUT2D eigenvalue weighted by atomic mass is 16.3. The molecule has 1 aliphatic rings. The molecule has 0 aromatic rings. The van der Waals surface area contributed by atoms with Crippen LogP contribution >= 0.6 is 0 Å². The molecular formula is C10H20N2O3. The SMILES string of the molecule is CCNC1CCCN(CC(O)CO)C1=O. The molecule has 0 aliphatic carbocycles. The highest BCUT2D eigenvalue weighted by molar-refractivity contribution is 5.82. The van der Waals surface area contributed by atoms with E-state index in [1.807, 2.05) is 6.92 Å². The normalized spacial score (nSPS) is 24.3. The van der Waals surface area contributed by atoms with Gasteiger partial charge in [-0.1, -0.05) is 6.92 Å². The quantitative estimate of drug-likeness (QED) is 0.548. The predicted molar refractivity (Wildman–Crippen MR) is 56.4 cm³/mol. The van der Waals surface area contributed by atoms with Gasteiger partial charge in [0.05, 0.1) is 18.8 Å². The summed E-state index contributed by atoms with van der Waals surface area (Å²) < 4.78 is 0. The Bertz CT molecular complexity index is 209. The number of likely N-dealkylation sites (tertiary alicyclic amines) is 1. The van der Waals surface area contributed by atoms with Gasteiger partial charge in [-0.15, -0.1) is 0 Å². The Hall–Kier alpha value is -0.650. The van der Waals surface area contributed by atoms with Crippen LogP contribution in [0.4, 0.5) is 0 Å². The van der Waals surface area contributed by atoms with E-state index in [9.17, 15) is 9.90 Å². The number of aliphatic hydroxyl groups is 2. The lowest BCUT2D eigenvalue weighted by Crippen LogP contribution is -2.52. The first-order valence-electron chi connectivity index (χ1n) is 5.50. The number of rotatable bonds is 5. The minimum atomic E-state index is -0.825. The fourth-order valence-electron chi connectivity index (χ4n) is 1.87. The molecule has 1 rings (SSSR count). The van der Waals surface area contributed by atoms with Crippen LogP contribution in [0.1, 0.15) is 19.8 Å². The van der Waals surface area contributed by atoms with Crippen molar-refractivity contribution < 1.29 is 15.0 Å². The third-order valence-electron chi connectivity index (χ3n) is 2.62. The fourth-order valence-corrected chi connectivity index (χ4v) is 1.87. The molecule has 5 heteroatoms. The van der Waals surface area contributed by atoms with Crippen LogP contribution in [-0.4, -0.2) is 59.4 Å². The highest BCUT2D eigenvalue weighted by Crippen LogP contribution is 2.11. The number of nitrogens with zero attached hydrogens (tertiary/aromatic N) is 1. The van der Waals surface area contributed by atoms with Crippen molar-refractivity contribution in [2.75, 3.05) is 26.2 Å². The van der Waals surface area contributed by atoms with Gasteiger partial charge in [-0.3, -0.25) is 4.79 Å². The summed E-state index contributed by atoms with van der Waals surface area (Å²) in [5.41, 5.74) is 0. The molecule has 5 nitrogen and oxygen atoms in total. The Kier molecular flexibility index (Phi) is 5.01. The molecule has 88 valence electrons. The van der Waals surface area contributed by atoms with Gasteiger partial charge in [-0.25, -0.2) is 0 Å². The third-order valence-corrected chi connectivity index (χ3v) is 2.62. The number of likely N-dealkylation sites (N-methyl/N-ethyl adjacent to an activating group) is 1. The number of hydrogen-bond donors (Lipinski definition) is 3. The number of carbonyl (C=O) groups is 1. The minimum Gasteiger partial charge on any atom is -0.394 e. The molecule has 0 bridgehead atoms. The van der Waals surface area contributed by atoms with Crippen molar-refractivity contribution in [3.05, 3.63) is 0 Å². The molecule has 3 N–H and O–H groups in total. The molecule has 0 aromatic heterocycles. The molecule has 0 radical (unpaired) electrons. The van der Waals surface area contributed by atoms with E-state index >= 15 is 0 Å². The van der Waals surface area contributed by atoms with Crippen LogP contribution in [0.5, 0.6) is 0 Å². The van der Waals surface area contributed by atoms with E-state index < -0.39 is 6.10 Å². The van der Waals surface area contributed by atoms with Gasteiger partial charge < -0.3 is 20.4 Å². The van der Waals surface area contributed by atoms with Crippen molar-refractivity contribution in [1.82, 2.24) is 10.2 Å². The van der Waals surface area contributed by atoms with E-state index in [1.54, 1.807) is 4.90 Å². The summed E-state index contributed by atoms with van der Waals surface area (Å²) in [6.07, 6.45) is 0.981. The van der Waals surface area contributed by atoms with Crippen molar-refractivity contribution in [1.29, 1.82) is 0 Å². The average molecular weight is 216 g/mol. The van der Waals surface area contributed by atoms with Gasteiger partial charge in [0.25, 0.3) is 0 Å². The lowest BCUT2D eigenvalue weighted by atomic mass is 10.0. The number of carbonyl (C=O) groups excluding carboxylic acids is 1. The van der Waals surface area contributed by atoms with Crippen molar-refractivity contribution in [3.63, 3.8) is 0 Å². The number of piperidine rings is 1. The largest absolute Gasteiger partial charge is 0.394 e. The summed E-state index contributed by atoms with van der Waals surface area (Å²) in [7, 11) is 0. The van der Waals surface area contributed by atoms with E-state index in [0.29, 0.717) is 6.54 Å². The summed E-state index contributed by atoms with van der Waals surface area (Å²) in [6, 6.07) is -0.116. The molecule has 0 saturated carbocycles. The lowest BCUT2D eigenvalue weighted by molar-refractivity contribution is -0.137. The lowest BCUT2D eigenvalue weighted by Gasteiger charge is -2.33. The van der Waals surface area contributed by atoms with Gasteiger partial charge in [0.1, 0.15) is 0 Å². The molecule has 1 heterocycles. The van der Waals surface area contributed by atoms with Gasteiger partial charge in [0.2, 0.25) is 5.91 Å². The molecule has 1 amide bonds. The number of β-amino-alcohol motifs (C(OH)–C–C–N with tert-alkyl or cyclic N) is 1. The third kappa shape index (κ3) is 3.44. The van der Waals surface area contributed by atoms with Crippen LogP contribution in [0, 0.1) is 0 Å². The van der Waals surface area contributed by atoms with Gasteiger partial charge in [0.15, 0.2) is 0 Å². The maximum Gasteiger partial charge on any atom is 0.239 e. The second kappa shape index (κ2) is 6.05. The van der Waals surface area contributed by atoms with Crippen LogP contribution in [0.25, 0.3) is 0 Å². The first-order chi connectivity index (χ1) is 7.19. The zero-order valence-corrected chi connectivity index (χ0v) is 9.15. The van der Waals surface area contributed by atoms with Crippen LogP contribution in [0.2, 0.25) is 0 Å². The van der Waals surface area contributed by atoms with Crippen LogP contribution in [0.15, 0.2) is 0 Å². The van der Waals surface area contributed by atoms with Gasteiger partial charge >= 0.3 is 0 Å². The molecule has 2 atom stereocenters. The monoisotopic (exact) mass is 216 g/mol.